The Morgan fingerprint density at radius 3 is 2.50 bits per heavy atom. The van der Waals surface area contributed by atoms with Gasteiger partial charge in [0.15, 0.2) is 0 Å². The Morgan fingerprint density at radius 1 is 1.28 bits per heavy atom. The number of aliphatic hydroxyl groups excluding tert-OH is 1. The number of likely N-dealkylation sites (tertiary alicyclic amines) is 1. The van der Waals surface area contributed by atoms with Gasteiger partial charge in [-0.1, -0.05) is 6.07 Å². The molecule has 98 valence electrons. The zero-order valence-corrected chi connectivity index (χ0v) is 11.1. The molecule has 0 aliphatic carbocycles. The van der Waals surface area contributed by atoms with Crippen molar-refractivity contribution in [2.24, 2.45) is 5.92 Å². The zero-order valence-electron chi connectivity index (χ0n) is 11.1. The van der Waals surface area contributed by atoms with E-state index < -0.39 is 0 Å². The van der Waals surface area contributed by atoms with Crippen LogP contribution in [0.25, 0.3) is 0 Å². The van der Waals surface area contributed by atoms with Gasteiger partial charge in [-0.05, 0) is 55.9 Å². The van der Waals surface area contributed by atoms with Gasteiger partial charge in [-0.2, -0.15) is 0 Å². The lowest BCUT2D eigenvalue weighted by Crippen LogP contribution is -2.39. The molecule has 1 N–H and O–H groups in total. The van der Waals surface area contributed by atoms with E-state index in [9.17, 15) is 4.79 Å². The molecule has 0 radical (unpaired) electrons. The standard InChI is InChI=1S/C15H21NO2/c1-11-3-4-14(9-12(11)2)15(18)16-7-5-13(10-17)6-8-16/h3-4,9,13,17H,5-8,10H2,1-2H3. The first-order chi connectivity index (χ1) is 8.61. The lowest BCUT2D eigenvalue weighted by molar-refractivity contribution is 0.0651. The predicted octanol–water partition coefficient (Wildman–Crippen LogP) is 2.15. The van der Waals surface area contributed by atoms with E-state index in [-0.39, 0.29) is 12.5 Å². The number of rotatable bonds is 2. The second-order valence-electron chi connectivity index (χ2n) is 5.22. The average Bonchev–Trinajstić information content (AvgIpc) is 2.41. The molecule has 1 fully saturated rings. The molecule has 18 heavy (non-hydrogen) atoms. The Balaban J connectivity index is 2.05. The van der Waals surface area contributed by atoms with Gasteiger partial charge in [0, 0.05) is 25.3 Å². The minimum Gasteiger partial charge on any atom is -0.396 e. The minimum absolute atomic E-state index is 0.120. The highest BCUT2D eigenvalue weighted by Gasteiger charge is 2.23. The summed E-state index contributed by atoms with van der Waals surface area (Å²) in [5, 5.41) is 9.10. The van der Waals surface area contributed by atoms with Crippen molar-refractivity contribution in [1.82, 2.24) is 4.90 Å². The quantitative estimate of drug-likeness (QED) is 0.870. The number of hydrogen-bond donors (Lipinski definition) is 1. The molecule has 0 atom stereocenters. The minimum atomic E-state index is 0.120. The van der Waals surface area contributed by atoms with Crippen molar-refractivity contribution in [3.8, 4) is 0 Å². The molecule has 0 aromatic heterocycles. The van der Waals surface area contributed by atoms with Crippen LogP contribution in [0, 0.1) is 19.8 Å². The molecule has 1 aliphatic heterocycles. The average molecular weight is 247 g/mol. The Bertz CT molecular complexity index is 434. The number of benzene rings is 1. The largest absolute Gasteiger partial charge is 0.396 e. The fourth-order valence-corrected chi connectivity index (χ4v) is 2.38. The van der Waals surface area contributed by atoms with Crippen molar-refractivity contribution in [3.05, 3.63) is 34.9 Å². The van der Waals surface area contributed by atoms with Gasteiger partial charge >= 0.3 is 0 Å². The molecule has 3 heteroatoms. The van der Waals surface area contributed by atoms with Crippen LogP contribution < -0.4 is 0 Å². The molecule has 1 aliphatic rings. The summed E-state index contributed by atoms with van der Waals surface area (Å²) in [6.07, 6.45) is 1.82. The topological polar surface area (TPSA) is 40.5 Å². The lowest BCUT2D eigenvalue weighted by atomic mass is 9.97. The van der Waals surface area contributed by atoms with E-state index in [1.54, 1.807) is 0 Å². The number of amides is 1. The summed E-state index contributed by atoms with van der Waals surface area (Å²) in [6, 6.07) is 5.88. The maximum Gasteiger partial charge on any atom is 0.253 e. The van der Waals surface area contributed by atoms with Crippen LogP contribution in [0.5, 0.6) is 0 Å². The molecule has 1 heterocycles. The number of aliphatic hydroxyl groups is 1. The second kappa shape index (κ2) is 5.53. The van der Waals surface area contributed by atoms with Gasteiger partial charge in [0.05, 0.1) is 0 Å². The van der Waals surface area contributed by atoms with E-state index in [0.29, 0.717) is 5.92 Å². The Morgan fingerprint density at radius 2 is 1.94 bits per heavy atom. The second-order valence-corrected chi connectivity index (χ2v) is 5.22. The fourth-order valence-electron chi connectivity index (χ4n) is 2.38. The van der Waals surface area contributed by atoms with Gasteiger partial charge in [-0.15, -0.1) is 0 Å². The van der Waals surface area contributed by atoms with Crippen LogP contribution in [-0.2, 0) is 0 Å². The highest BCUT2D eigenvalue weighted by atomic mass is 16.3. The van der Waals surface area contributed by atoms with Crippen molar-refractivity contribution in [1.29, 1.82) is 0 Å². The van der Waals surface area contributed by atoms with Gasteiger partial charge in [-0.3, -0.25) is 4.79 Å². The van der Waals surface area contributed by atoms with Crippen molar-refractivity contribution in [2.45, 2.75) is 26.7 Å². The van der Waals surface area contributed by atoms with Crippen LogP contribution in [0.3, 0.4) is 0 Å². The van der Waals surface area contributed by atoms with Crippen molar-refractivity contribution >= 4 is 5.91 Å². The Labute approximate surface area is 108 Å². The van der Waals surface area contributed by atoms with E-state index in [1.165, 1.54) is 5.56 Å². The highest BCUT2D eigenvalue weighted by Crippen LogP contribution is 2.19. The number of carbonyl (C=O) groups is 1. The zero-order chi connectivity index (χ0) is 13.1. The number of nitrogens with zero attached hydrogens (tertiary/aromatic N) is 1. The monoisotopic (exact) mass is 247 g/mol. The van der Waals surface area contributed by atoms with Gasteiger partial charge in [0.1, 0.15) is 0 Å². The van der Waals surface area contributed by atoms with Gasteiger partial charge in [0.25, 0.3) is 5.91 Å². The van der Waals surface area contributed by atoms with Crippen LogP contribution in [0.15, 0.2) is 18.2 Å². The molecular weight excluding hydrogens is 226 g/mol. The maximum atomic E-state index is 12.3. The lowest BCUT2D eigenvalue weighted by Gasteiger charge is -2.31. The number of hydrogen-bond acceptors (Lipinski definition) is 2. The first kappa shape index (κ1) is 13.1. The number of aryl methyl sites for hydroxylation is 2. The van der Waals surface area contributed by atoms with Gasteiger partial charge in [0.2, 0.25) is 0 Å². The number of piperidine rings is 1. The summed E-state index contributed by atoms with van der Waals surface area (Å²) in [4.78, 5) is 14.2. The predicted molar refractivity (Wildman–Crippen MR) is 71.6 cm³/mol. The molecule has 2 rings (SSSR count). The molecule has 0 spiro atoms. The third kappa shape index (κ3) is 2.72. The molecule has 0 unspecified atom stereocenters. The Hall–Kier alpha value is -1.35. The number of carbonyl (C=O) groups excluding carboxylic acids is 1. The molecule has 1 saturated heterocycles. The molecule has 0 bridgehead atoms. The first-order valence-corrected chi connectivity index (χ1v) is 6.59. The highest BCUT2D eigenvalue weighted by molar-refractivity contribution is 5.94. The third-order valence-corrected chi connectivity index (χ3v) is 3.91. The van der Waals surface area contributed by atoms with E-state index >= 15 is 0 Å². The van der Waals surface area contributed by atoms with E-state index in [4.69, 9.17) is 5.11 Å². The van der Waals surface area contributed by atoms with Gasteiger partial charge < -0.3 is 10.0 Å². The molecule has 1 amide bonds. The molecule has 3 nitrogen and oxygen atoms in total. The van der Waals surface area contributed by atoms with E-state index in [1.807, 2.05) is 30.0 Å². The van der Waals surface area contributed by atoms with Crippen LogP contribution >= 0.6 is 0 Å². The Kier molecular flexibility index (Phi) is 4.02. The summed E-state index contributed by atoms with van der Waals surface area (Å²) in [6.45, 7) is 5.85. The first-order valence-electron chi connectivity index (χ1n) is 6.59. The maximum absolute atomic E-state index is 12.3. The summed E-state index contributed by atoms with van der Waals surface area (Å²) >= 11 is 0. The third-order valence-electron chi connectivity index (χ3n) is 3.91. The summed E-state index contributed by atoms with van der Waals surface area (Å²) in [7, 11) is 0. The fraction of sp³-hybridized carbons (Fsp3) is 0.533. The van der Waals surface area contributed by atoms with Crippen LogP contribution in [-0.4, -0.2) is 35.6 Å². The van der Waals surface area contributed by atoms with E-state index in [2.05, 4.69) is 6.92 Å². The summed E-state index contributed by atoms with van der Waals surface area (Å²) < 4.78 is 0. The van der Waals surface area contributed by atoms with Crippen LogP contribution in [0.1, 0.15) is 34.3 Å². The van der Waals surface area contributed by atoms with Crippen LogP contribution in [0.2, 0.25) is 0 Å². The smallest absolute Gasteiger partial charge is 0.253 e. The van der Waals surface area contributed by atoms with Crippen LogP contribution in [0.4, 0.5) is 0 Å². The summed E-state index contributed by atoms with van der Waals surface area (Å²) in [5.41, 5.74) is 3.15. The normalized spacial score (nSPS) is 16.9. The molecule has 1 aromatic rings. The van der Waals surface area contributed by atoms with Gasteiger partial charge in [-0.25, -0.2) is 0 Å². The van der Waals surface area contributed by atoms with Crippen molar-refractivity contribution in [3.63, 3.8) is 0 Å². The molecular formula is C15H21NO2. The van der Waals surface area contributed by atoms with Crippen molar-refractivity contribution in [2.75, 3.05) is 19.7 Å². The SMILES string of the molecule is Cc1ccc(C(=O)N2CCC(CO)CC2)cc1C. The van der Waals surface area contributed by atoms with E-state index in [0.717, 1.165) is 37.1 Å². The molecule has 0 saturated carbocycles. The molecule has 1 aromatic carbocycles. The van der Waals surface area contributed by atoms with Crippen molar-refractivity contribution < 1.29 is 9.90 Å². The summed E-state index contributed by atoms with van der Waals surface area (Å²) in [5.74, 6) is 0.489.